The second-order valence-electron chi connectivity index (χ2n) is 6.13. The van der Waals surface area contributed by atoms with E-state index in [1.165, 1.54) is 5.56 Å². The van der Waals surface area contributed by atoms with Gasteiger partial charge in [-0.15, -0.1) is 0 Å². The summed E-state index contributed by atoms with van der Waals surface area (Å²) in [5, 5.41) is 0. The van der Waals surface area contributed by atoms with Crippen molar-refractivity contribution in [3.63, 3.8) is 0 Å². The number of carbonyl (C=O) groups is 1. The van der Waals surface area contributed by atoms with Crippen LogP contribution < -0.4 is 0 Å². The highest BCUT2D eigenvalue weighted by Crippen LogP contribution is 2.30. The Morgan fingerprint density at radius 3 is 2.55 bits per heavy atom. The van der Waals surface area contributed by atoms with Crippen LogP contribution in [0.1, 0.15) is 45.1 Å². The number of allylic oxidation sites excluding steroid dienone is 1. The monoisotopic (exact) mass is 274 g/mol. The van der Waals surface area contributed by atoms with Crippen molar-refractivity contribution in [3.05, 3.63) is 48.0 Å². The van der Waals surface area contributed by atoms with E-state index in [9.17, 15) is 4.79 Å². The standard InChI is InChI=1S/C17H22O3/c1-17(2,3)20-16(18)19-15-11-7-10-14(12-15)13-8-5-4-6-9-13/h4-9,11,14-15H,10,12H2,1-3H3/t14-,15+/m1/s1. The third kappa shape index (κ3) is 4.41. The molecule has 1 aliphatic rings. The molecule has 3 heteroatoms. The third-order valence-electron chi connectivity index (χ3n) is 3.20. The molecule has 0 bridgehead atoms. The average molecular weight is 274 g/mol. The third-order valence-corrected chi connectivity index (χ3v) is 3.20. The largest absolute Gasteiger partial charge is 0.509 e. The Kier molecular flexibility index (Phi) is 4.48. The molecule has 1 aliphatic carbocycles. The predicted molar refractivity (Wildman–Crippen MR) is 78.7 cm³/mol. The van der Waals surface area contributed by atoms with Crippen molar-refractivity contribution in [2.24, 2.45) is 0 Å². The van der Waals surface area contributed by atoms with Crippen molar-refractivity contribution < 1.29 is 14.3 Å². The van der Waals surface area contributed by atoms with Gasteiger partial charge in [-0.25, -0.2) is 4.79 Å². The Bertz CT molecular complexity index is 471. The molecule has 20 heavy (non-hydrogen) atoms. The first kappa shape index (κ1) is 14.6. The van der Waals surface area contributed by atoms with Crippen LogP contribution in [0, 0.1) is 0 Å². The van der Waals surface area contributed by atoms with Gasteiger partial charge >= 0.3 is 6.16 Å². The summed E-state index contributed by atoms with van der Waals surface area (Å²) in [5.74, 6) is 0.397. The first-order chi connectivity index (χ1) is 9.44. The summed E-state index contributed by atoms with van der Waals surface area (Å²) >= 11 is 0. The highest BCUT2D eigenvalue weighted by atomic mass is 16.7. The zero-order chi connectivity index (χ0) is 14.6. The van der Waals surface area contributed by atoms with Crippen LogP contribution in [0.3, 0.4) is 0 Å². The molecule has 0 saturated carbocycles. The number of benzene rings is 1. The molecule has 0 spiro atoms. The lowest BCUT2D eigenvalue weighted by molar-refractivity contribution is -0.0211. The molecule has 0 N–H and O–H groups in total. The van der Waals surface area contributed by atoms with Gasteiger partial charge in [0.25, 0.3) is 0 Å². The van der Waals surface area contributed by atoms with E-state index in [0.29, 0.717) is 5.92 Å². The van der Waals surface area contributed by atoms with Crippen molar-refractivity contribution >= 4 is 6.16 Å². The molecule has 0 amide bonds. The normalized spacial score (nSPS) is 22.4. The lowest BCUT2D eigenvalue weighted by Crippen LogP contribution is -2.28. The van der Waals surface area contributed by atoms with Crippen LogP contribution in [0.4, 0.5) is 4.79 Å². The van der Waals surface area contributed by atoms with E-state index >= 15 is 0 Å². The second-order valence-corrected chi connectivity index (χ2v) is 6.13. The van der Waals surface area contributed by atoms with E-state index in [1.54, 1.807) is 0 Å². The minimum atomic E-state index is -0.596. The summed E-state index contributed by atoms with van der Waals surface area (Å²) in [4.78, 5) is 11.7. The first-order valence-electron chi connectivity index (χ1n) is 7.05. The number of rotatable bonds is 2. The zero-order valence-corrected chi connectivity index (χ0v) is 12.3. The molecule has 0 aliphatic heterocycles. The maximum Gasteiger partial charge on any atom is 0.509 e. The number of ether oxygens (including phenoxy) is 2. The molecule has 0 unspecified atom stereocenters. The Balaban J connectivity index is 1.93. The molecule has 0 fully saturated rings. The molecule has 2 atom stereocenters. The number of carbonyl (C=O) groups excluding carboxylic acids is 1. The Morgan fingerprint density at radius 2 is 1.90 bits per heavy atom. The van der Waals surface area contributed by atoms with E-state index in [0.717, 1.165) is 12.8 Å². The summed E-state index contributed by atoms with van der Waals surface area (Å²) in [6, 6.07) is 10.3. The van der Waals surface area contributed by atoms with Crippen LogP contribution >= 0.6 is 0 Å². The highest BCUT2D eigenvalue weighted by molar-refractivity contribution is 5.61. The van der Waals surface area contributed by atoms with Gasteiger partial charge in [-0.05, 0) is 51.2 Å². The molecular weight excluding hydrogens is 252 g/mol. The van der Waals surface area contributed by atoms with Gasteiger partial charge in [0.1, 0.15) is 11.7 Å². The summed E-state index contributed by atoms with van der Waals surface area (Å²) < 4.78 is 10.6. The number of hydrogen-bond acceptors (Lipinski definition) is 3. The van der Waals surface area contributed by atoms with E-state index < -0.39 is 11.8 Å². The molecule has 2 rings (SSSR count). The average Bonchev–Trinajstić information content (AvgIpc) is 2.38. The fourth-order valence-electron chi connectivity index (χ4n) is 2.33. The smallest absolute Gasteiger partial charge is 0.429 e. The summed E-state index contributed by atoms with van der Waals surface area (Å²) in [5.41, 5.74) is 0.767. The van der Waals surface area contributed by atoms with Crippen molar-refractivity contribution in [1.29, 1.82) is 0 Å². The fourth-order valence-corrected chi connectivity index (χ4v) is 2.33. The molecule has 0 radical (unpaired) electrons. The first-order valence-corrected chi connectivity index (χ1v) is 7.05. The van der Waals surface area contributed by atoms with E-state index in [1.807, 2.05) is 45.0 Å². The Morgan fingerprint density at radius 1 is 1.20 bits per heavy atom. The predicted octanol–water partition coefficient (Wildman–Crippen LogP) is 4.44. The number of hydrogen-bond donors (Lipinski definition) is 0. The molecule has 1 aromatic rings. The highest BCUT2D eigenvalue weighted by Gasteiger charge is 2.25. The van der Waals surface area contributed by atoms with Gasteiger partial charge in [0.2, 0.25) is 0 Å². The van der Waals surface area contributed by atoms with Crippen LogP contribution in [-0.2, 0) is 9.47 Å². The van der Waals surface area contributed by atoms with Gasteiger partial charge in [-0.1, -0.05) is 36.4 Å². The minimum absolute atomic E-state index is 0.205. The SMILES string of the molecule is CC(C)(C)OC(=O)O[C@H]1C=CC[C@@H](c2ccccc2)C1. The maximum absolute atomic E-state index is 11.7. The van der Waals surface area contributed by atoms with Gasteiger partial charge < -0.3 is 9.47 Å². The van der Waals surface area contributed by atoms with Crippen LogP contribution in [0.5, 0.6) is 0 Å². The Labute approximate surface area is 120 Å². The topological polar surface area (TPSA) is 35.5 Å². The minimum Gasteiger partial charge on any atom is -0.429 e. The molecule has 0 heterocycles. The lowest BCUT2D eigenvalue weighted by atomic mass is 9.86. The molecule has 108 valence electrons. The van der Waals surface area contributed by atoms with Crippen molar-refractivity contribution in [2.45, 2.75) is 51.2 Å². The molecule has 3 nitrogen and oxygen atoms in total. The van der Waals surface area contributed by atoms with Gasteiger partial charge in [-0.2, -0.15) is 0 Å². The van der Waals surface area contributed by atoms with Crippen LogP contribution in [0.25, 0.3) is 0 Å². The lowest BCUT2D eigenvalue weighted by Gasteiger charge is -2.26. The van der Waals surface area contributed by atoms with Gasteiger partial charge in [-0.3, -0.25) is 0 Å². The summed E-state index contributed by atoms with van der Waals surface area (Å²) in [7, 11) is 0. The molecule has 0 saturated heterocycles. The van der Waals surface area contributed by atoms with Crippen molar-refractivity contribution in [3.8, 4) is 0 Å². The van der Waals surface area contributed by atoms with Crippen LogP contribution in [0.2, 0.25) is 0 Å². The van der Waals surface area contributed by atoms with Crippen molar-refractivity contribution in [1.82, 2.24) is 0 Å². The van der Waals surface area contributed by atoms with Crippen molar-refractivity contribution in [2.75, 3.05) is 0 Å². The van der Waals surface area contributed by atoms with E-state index in [-0.39, 0.29) is 6.10 Å². The van der Waals surface area contributed by atoms with Gasteiger partial charge in [0.15, 0.2) is 0 Å². The van der Waals surface area contributed by atoms with E-state index in [4.69, 9.17) is 9.47 Å². The molecular formula is C17H22O3. The van der Waals surface area contributed by atoms with Gasteiger partial charge in [0, 0.05) is 0 Å². The zero-order valence-electron chi connectivity index (χ0n) is 12.3. The summed E-state index contributed by atoms with van der Waals surface area (Å²) in [6.45, 7) is 5.49. The Hall–Kier alpha value is -1.77. The second kappa shape index (κ2) is 6.12. The maximum atomic E-state index is 11.7. The van der Waals surface area contributed by atoms with Crippen LogP contribution in [0.15, 0.2) is 42.5 Å². The summed E-state index contributed by atoms with van der Waals surface area (Å²) in [6.07, 6.45) is 5.02. The van der Waals surface area contributed by atoms with Gasteiger partial charge in [0.05, 0.1) is 0 Å². The molecule has 1 aromatic carbocycles. The fraction of sp³-hybridized carbons (Fsp3) is 0.471. The van der Waals surface area contributed by atoms with E-state index in [2.05, 4.69) is 18.2 Å². The molecule has 0 aromatic heterocycles. The van der Waals surface area contributed by atoms with Crippen LogP contribution in [-0.4, -0.2) is 17.9 Å². The quantitative estimate of drug-likeness (QED) is 0.590.